The number of benzene rings is 1. The van der Waals surface area contributed by atoms with E-state index < -0.39 is 0 Å². The van der Waals surface area contributed by atoms with Gasteiger partial charge in [0.25, 0.3) is 5.56 Å². The number of tetrazole rings is 1. The molecule has 1 aliphatic heterocycles. The van der Waals surface area contributed by atoms with Gasteiger partial charge in [0.2, 0.25) is 0 Å². The molecule has 5 rings (SSSR count). The van der Waals surface area contributed by atoms with Crippen molar-refractivity contribution in [2.24, 2.45) is 5.92 Å². The van der Waals surface area contributed by atoms with E-state index in [0.29, 0.717) is 19.6 Å². The highest BCUT2D eigenvalue weighted by atomic mass is 16.5. The zero-order valence-electron chi connectivity index (χ0n) is 21.4. The van der Waals surface area contributed by atoms with Gasteiger partial charge in [0.15, 0.2) is 5.82 Å². The molecule has 0 aliphatic carbocycles. The van der Waals surface area contributed by atoms with E-state index in [-0.39, 0.29) is 23.6 Å². The second-order valence-corrected chi connectivity index (χ2v) is 10.1. The lowest BCUT2D eigenvalue weighted by atomic mass is 9.99. The lowest BCUT2D eigenvalue weighted by molar-refractivity contribution is 0.0384. The largest absolute Gasteiger partial charge is 0.467 e. The molecule has 0 spiro atoms. The van der Waals surface area contributed by atoms with Crippen LogP contribution in [0.5, 0.6) is 0 Å². The highest BCUT2D eigenvalue weighted by Crippen LogP contribution is 2.31. The number of hydrogen-bond acceptors (Lipinski definition) is 7. The first-order valence-electron chi connectivity index (χ1n) is 12.7. The maximum absolute atomic E-state index is 13.3. The third kappa shape index (κ3) is 4.99. The average Bonchev–Trinajstić information content (AvgIpc) is 3.62. The first-order chi connectivity index (χ1) is 17.4. The number of aryl methyl sites for hydroxylation is 2. The van der Waals surface area contributed by atoms with Gasteiger partial charge in [0.1, 0.15) is 12.3 Å². The predicted octanol–water partition coefficient (Wildman–Crippen LogP) is 4.15. The van der Waals surface area contributed by atoms with Crippen molar-refractivity contribution in [2.45, 2.75) is 65.8 Å². The Labute approximate surface area is 210 Å². The van der Waals surface area contributed by atoms with E-state index in [2.05, 4.69) is 58.3 Å². The molecule has 1 aromatic carbocycles. The molecule has 1 aliphatic rings. The summed E-state index contributed by atoms with van der Waals surface area (Å²) in [7, 11) is 0. The van der Waals surface area contributed by atoms with Gasteiger partial charge in [-0.3, -0.25) is 9.69 Å². The van der Waals surface area contributed by atoms with E-state index in [1.807, 2.05) is 25.1 Å². The molecule has 3 aromatic heterocycles. The van der Waals surface area contributed by atoms with Crippen molar-refractivity contribution in [3.05, 3.63) is 75.2 Å². The van der Waals surface area contributed by atoms with Crippen molar-refractivity contribution in [1.29, 1.82) is 0 Å². The van der Waals surface area contributed by atoms with E-state index in [9.17, 15) is 4.79 Å². The molecule has 2 atom stereocenters. The van der Waals surface area contributed by atoms with Gasteiger partial charge in [0.05, 0.1) is 23.9 Å². The van der Waals surface area contributed by atoms with E-state index in [1.54, 1.807) is 10.9 Å². The van der Waals surface area contributed by atoms with Crippen molar-refractivity contribution in [3.8, 4) is 0 Å². The number of aromatic nitrogens is 5. The molecular weight excluding hydrogens is 456 g/mol. The Morgan fingerprint density at radius 3 is 2.83 bits per heavy atom. The predicted molar refractivity (Wildman–Crippen MR) is 137 cm³/mol. The molecule has 1 fully saturated rings. The number of ether oxygens (including phenoxy) is 1. The maximum atomic E-state index is 13.3. The summed E-state index contributed by atoms with van der Waals surface area (Å²) in [5, 5.41) is 13.7. The van der Waals surface area contributed by atoms with Crippen LogP contribution in [0, 0.1) is 19.8 Å². The zero-order valence-corrected chi connectivity index (χ0v) is 21.4. The van der Waals surface area contributed by atoms with Gasteiger partial charge in [-0.05, 0) is 77.7 Å². The quantitative estimate of drug-likeness (QED) is 0.376. The topological polar surface area (TPSA) is 102 Å². The molecule has 0 bridgehead atoms. The van der Waals surface area contributed by atoms with Crippen LogP contribution in [0.3, 0.4) is 0 Å². The van der Waals surface area contributed by atoms with Crippen LogP contribution in [0.4, 0.5) is 0 Å². The molecule has 1 saturated heterocycles. The number of nitrogens with one attached hydrogen (secondary N) is 1. The van der Waals surface area contributed by atoms with Crippen LogP contribution in [0.25, 0.3) is 10.9 Å². The highest BCUT2D eigenvalue weighted by molar-refractivity contribution is 5.83. The standard InChI is InChI=1S/C27H34N6O3/c1-17(2)25(26-29-30-31-33(26)16-23-8-6-12-36-23)32(15-22-7-5-11-35-22)14-21-13-20-10-9-18(3)19(4)24(20)28-27(21)34/h6,8-10,12-13,17,22,25H,5,7,11,14-16H2,1-4H3,(H,28,34). The minimum absolute atomic E-state index is 0.0637. The number of hydrogen-bond donors (Lipinski definition) is 1. The van der Waals surface area contributed by atoms with Gasteiger partial charge in [0, 0.05) is 25.3 Å². The van der Waals surface area contributed by atoms with E-state index in [1.165, 1.54) is 0 Å². The van der Waals surface area contributed by atoms with Gasteiger partial charge in [-0.25, -0.2) is 4.68 Å². The SMILES string of the molecule is Cc1ccc2cc(CN(CC3CCCO3)C(c3nnnn3Cc3ccco3)C(C)C)c(=O)[nH]c2c1C. The molecule has 4 aromatic rings. The number of aromatic amines is 1. The molecule has 4 heterocycles. The zero-order chi connectivity index (χ0) is 25.2. The Morgan fingerprint density at radius 2 is 2.11 bits per heavy atom. The minimum Gasteiger partial charge on any atom is -0.467 e. The summed E-state index contributed by atoms with van der Waals surface area (Å²) < 4.78 is 13.4. The molecule has 1 N–H and O–H groups in total. The lowest BCUT2D eigenvalue weighted by Gasteiger charge is -2.35. The molecule has 9 nitrogen and oxygen atoms in total. The van der Waals surface area contributed by atoms with Crippen LogP contribution >= 0.6 is 0 Å². The van der Waals surface area contributed by atoms with Gasteiger partial charge in [-0.1, -0.05) is 26.0 Å². The number of furan rings is 1. The fourth-order valence-electron chi connectivity index (χ4n) is 5.20. The van der Waals surface area contributed by atoms with Crippen molar-refractivity contribution in [3.63, 3.8) is 0 Å². The summed E-state index contributed by atoms with van der Waals surface area (Å²) in [6, 6.07) is 9.85. The number of nitrogens with zero attached hydrogens (tertiary/aromatic N) is 5. The van der Waals surface area contributed by atoms with Crippen molar-refractivity contribution >= 4 is 10.9 Å². The monoisotopic (exact) mass is 490 g/mol. The molecular formula is C27H34N6O3. The fraction of sp³-hybridized carbons (Fsp3) is 0.481. The van der Waals surface area contributed by atoms with Crippen molar-refractivity contribution < 1.29 is 9.15 Å². The van der Waals surface area contributed by atoms with E-state index in [0.717, 1.165) is 58.6 Å². The molecule has 36 heavy (non-hydrogen) atoms. The molecule has 0 saturated carbocycles. The summed E-state index contributed by atoms with van der Waals surface area (Å²) in [6.07, 6.45) is 3.82. The Bertz CT molecular complexity index is 1370. The molecule has 0 amide bonds. The summed E-state index contributed by atoms with van der Waals surface area (Å²) in [5.41, 5.74) is 3.82. The van der Waals surface area contributed by atoms with Crippen LogP contribution in [0.1, 0.15) is 61.0 Å². The number of H-pyrrole nitrogens is 1. The summed E-state index contributed by atoms with van der Waals surface area (Å²) in [4.78, 5) is 18.7. The Kier molecular flexibility index (Phi) is 7.02. The van der Waals surface area contributed by atoms with Gasteiger partial charge < -0.3 is 14.1 Å². The second-order valence-electron chi connectivity index (χ2n) is 10.1. The summed E-state index contributed by atoms with van der Waals surface area (Å²) >= 11 is 0. The van der Waals surface area contributed by atoms with E-state index >= 15 is 0 Å². The summed E-state index contributed by atoms with van der Waals surface area (Å²) in [6.45, 7) is 10.8. The van der Waals surface area contributed by atoms with Crippen LogP contribution < -0.4 is 5.56 Å². The first kappa shape index (κ1) is 24.4. The Morgan fingerprint density at radius 1 is 1.25 bits per heavy atom. The van der Waals surface area contributed by atoms with E-state index in [4.69, 9.17) is 9.15 Å². The average molecular weight is 491 g/mol. The van der Waals surface area contributed by atoms with Gasteiger partial charge in [-0.15, -0.1) is 5.10 Å². The Hall–Kier alpha value is -3.30. The molecule has 2 unspecified atom stereocenters. The van der Waals surface area contributed by atoms with Crippen molar-refractivity contribution in [2.75, 3.05) is 13.2 Å². The lowest BCUT2D eigenvalue weighted by Crippen LogP contribution is -2.40. The molecule has 9 heteroatoms. The van der Waals surface area contributed by atoms with Crippen LogP contribution in [-0.4, -0.2) is 49.3 Å². The summed E-state index contributed by atoms with van der Waals surface area (Å²) in [5.74, 6) is 1.73. The number of pyridine rings is 1. The van der Waals surface area contributed by atoms with Crippen molar-refractivity contribution in [1.82, 2.24) is 30.1 Å². The van der Waals surface area contributed by atoms with Gasteiger partial charge >= 0.3 is 0 Å². The smallest absolute Gasteiger partial charge is 0.252 e. The normalized spacial score (nSPS) is 17.0. The second kappa shape index (κ2) is 10.4. The van der Waals surface area contributed by atoms with Gasteiger partial charge in [-0.2, -0.15) is 0 Å². The Balaban J connectivity index is 1.52. The highest BCUT2D eigenvalue weighted by Gasteiger charge is 2.32. The number of rotatable bonds is 9. The first-order valence-corrected chi connectivity index (χ1v) is 12.7. The van der Waals surface area contributed by atoms with Crippen LogP contribution in [-0.2, 0) is 17.8 Å². The van der Waals surface area contributed by atoms with Crippen LogP contribution in [0.15, 0.2) is 45.8 Å². The molecule has 190 valence electrons. The third-order valence-electron chi connectivity index (χ3n) is 7.20. The maximum Gasteiger partial charge on any atom is 0.252 e. The molecule has 0 radical (unpaired) electrons. The fourth-order valence-corrected chi connectivity index (χ4v) is 5.20. The minimum atomic E-state index is -0.117. The third-order valence-corrected chi connectivity index (χ3v) is 7.20. The van der Waals surface area contributed by atoms with Crippen LogP contribution in [0.2, 0.25) is 0 Å². The number of fused-ring (bicyclic) bond motifs is 1.